The minimum Gasteiger partial charge on any atom is -0.278 e. The zero-order valence-electron chi connectivity index (χ0n) is 28.1. The van der Waals surface area contributed by atoms with Gasteiger partial charge >= 0.3 is 0 Å². The number of rotatable bonds is 7. The molecule has 0 aliphatic heterocycles. The van der Waals surface area contributed by atoms with Crippen molar-refractivity contribution < 1.29 is 0 Å². The molecule has 7 aromatic carbocycles. The molecule has 6 heteroatoms. The first kappa shape index (κ1) is 31.1. The van der Waals surface area contributed by atoms with E-state index in [1.54, 1.807) is 6.07 Å². The Morgan fingerprint density at radius 2 is 0.923 bits per heavy atom. The summed E-state index contributed by atoms with van der Waals surface area (Å²) >= 11 is 0. The van der Waals surface area contributed by atoms with E-state index in [2.05, 4.69) is 162 Å². The highest BCUT2D eigenvalue weighted by Gasteiger charge is 2.41. The summed E-state index contributed by atoms with van der Waals surface area (Å²) in [5, 5.41) is 17.4. The Kier molecular flexibility index (Phi) is 7.81. The van der Waals surface area contributed by atoms with Crippen molar-refractivity contribution in [2.75, 3.05) is 0 Å². The first-order valence-corrected chi connectivity index (χ1v) is 19.3. The van der Waals surface area contributed by atoms with E-state index >= 15 is 0 Å². The quantitative estimate of drug-likeness (QED) is 0.129. The van der Waals surface area contributed by atoms with Gasteiger partial charge in [-0.2, -0.15) is 15.2 Å². The van der Waals surface area contributed by atoms with E-state index < -0.39 is 8.07 Å². The Hall–Kier alpha value is -6.94. The fourth-order valence-electron chi connectivity index (χ4n) is 7.58. The molecule has 9 rings (SSSR count). The number of para-hydroxylation sites is 2. The highest BCUT2D eigenvalue weighted by Crippen LogP contribution is 2.32. The lowest BCUT2D eigenvalue weighted by atomic mass is 10.1. The zero-order chi connectivity index (χ0) is 34.9. The van der Waals surface area contributed by atoms with Gasteiger partial charge < -0.3 is 0 Å². The van der Waals surface area contributed by atoms with Crippen LogP contribution in [0.4, 0.5) is 0 Å². The topological polar surface area (TPSA) is 67.4 Å². The van der Waals surface area contributed by atoms with Crippen LogP contribution >= 0.6 is 0 Å². The maximum absolute atomic E-state index is 10.1. The molecule has 0 atom stereocenters. The number of hydrogen-bond donors (Lipinski definition) is 0. The molecule has 52 heavy (non-hydrogen) atoms. The average Bonchev–Trinajstić information content (AvgIpc) is 3.57. The summed E-state index contributed by atoms with van der Waals surface area (Å²) in [7, 11) is -2.82. The van der Waals surface area contributed by atoms with Crippen LogP contribution < -0.4 is 20.7 Å². The van der Waals surface area contributed by atoms with Crippen LogP contribution in [0, 0.1) is 11.3 Å². The summed E-state index contributed by atoms with van der Waals surface area (Å²) in [5.74, 6) is 1.48. The Morgan fingerprint density at radius 3 is 1.50 bits per heavy atom. The van der Waals surface area contributed by atoms with Crippen molar-refractivity contribution in [1.82, 2.24) is 19.5 Å². The molecule has 2 heterocycles. The van der Waals surface area contributed by atoms with E-state index in [0.717, 1.165) is 27.4 Å². The highest BCUT2D eigenvalue weighted by atomic mass is 28.3. The SMILES string of the molecule is N#Cc1ccccc1-c1nc(-c2cccc([Si](c3ccccc3)(c3ccccc3)c3ccccc3)c2)nc(-n2c3ccccc3c3ccccc32)n1. The van der Waals surface area contributed by atoms with Crippen molar-refractivity contribution in [2.45, 2.75) is 0 Å². The summed E-state index contributed by atoms with van der Waals surface area (Å²) in [6, 6.07) is 67.8. The van der Waals surface area contributed by atoms with Crippen LogP contribution in [0.15, 0.2) is 188 Å². The fraction of sp³-hybridized carbons (Fsp3) is 0. The molecule has 0 fully saturated rings. The minimum atomic E-state index is -2.82. The van der Waals surface area contributed by atoms with Crippen molar-refractivity contribution in [3.8, 4) is 34.8 Å². The van der Waals surface area contributed by atoms with Crippen molar-refractivity contribution in [3.05, 3.63) is 194 Å². The molecule has 0 saturated heterocycles. The van der Waals surface area contributed by atoms with Gasteiger partial charge in [0.2, 0.25) is 5.95 Å². The third-order valence-electron chi connectivity index (χ3n) is 9.87. The monoisotopic (exact) mass is 681 g/mol. The minimum absolute atomic E-state index is 0.446. The summed E-state index contributed by atoms with van der Waals surface area (Å²) in [6.07, 6.45) is 0. The Morgan fingerprint density at radius 1 is 0.442 bits per heavy atom. The third kappa shape index (κ3) is 5.11. The molecule has 0 unspecified atom stereocenters. The summed E-state index contributed by atoms with van der Waals surface area (Å²) < 4.78 is 2.11. The molecule has 0 amide bonds. The van der Waals surface area contributed by atoms with Crippen LogP contribution in [0.5, 0.6) is 0 Å². The predicted molar refractivity (Wildman–Crippen MR) is 213 cm³/mol. The van der Waals surface area contributed by atoms with E-state index in [4.69, 9.17) is 15.0 Å². The molecule has 9 aromatic rings. The average molecular weight is 682 g/mol. The van der Waals surface area contributed by atoms with Gasteiger partial charge in [-0.05, 0) is 45.0 Å². The van der Waals surface area contributed by atoms with Crippen LogP contribution in [0.2, 0.25) is 0 Å². The first-order chi connectivity index (χ1) is 25.8. The molecule has 0 saturated carbocycles. The number of aromatic nitrogens is 4. The van der Waals surface area contributed by atoms with Crippen LogP contribution in [-0.2, 0) is 0 Å². The van der Waals surface area contributed by atoms with Gasteiger partial charge in [-0.15, -0.1) is 0 Å². The molecule has 0 spiro atoms. The van der Waals surface area contributed by atoms with Crippen LogP contribution in [0.3, 0.4) is 0 Å². The summed E-state index contributed by atoms with van der Waals surface area (Å²) in [5.41, 5.74) is 4.03. The number of nitriles is 1. The smallest absolute Gasteiger partial charge is 0.238 e. The molecular weight excluding hydrogens is 651 g/mol. The van der Waals surface area contributed by atoms with E-state index in [0.29, 0.717) is 28.7 Å². The summed E-state index contributed by atoms with van der Waals surface area (Å²) in [6.45, 7) is 0. The number of benzene rings is 7. The van der Waals surface area contributed by atoms with Gasteiger partial charge in [0.25, 0.3) is 0 Å². The van der Waals surface area contributed by atoms with Gasteiger partial charge in [0.05, 0.1) is 22.7 Å². The fourth-order valence-corrected chi connectivity index (χ4v) is 12.4. The van der Waals surface area contributed by atoms with Gasteiger partial charge in [0.15, 0.2) is 19.7 Å². The number of hydrogen-bond acceptors (Lipinski definition) is 4. The lowest BCUT2D eigenvalue weighted by molar-refractivity contribution is 0.953. The maximum atomic E-state index is 10.1. The number of fused-ring (bicyclic) bond motifs is 3. The van der Waals surface area contributed by atoms with Crippen LogP contribution in [0.1, 0.15) is 5.56 Å². The number of nitrogens with zero attached hydrogens (tertiary/aromatic N) is 5. The first-order valence-electron chi connectivity index (χ1n) is 17.3. The van der Waals surface area contributed by atoms with E-state index in [-0.39, 0.29) is 0 Å². The molecule has 0 N–H and O–H groups in total. The molecule has 0 radical (unpaired) electrons. The molecular formula is C46H31N5Si. The molecule has 244 valence electrons. The van der Waals surface area contributed by atoms with Gasteiger partial charge in [0.1, 0.15) is 0 Å². The van der Waals surface area contributed by atoms with E-state index in [9.17, 15) is 5.26 Å². The van der Waals surface area contributed by atoms with Gasteiger partial charge in [-0.3, -0.25) is 4.57 Å². The van der Waals surface area contributed by atoms with Crippen LogP contribution in [0.25, 0.3) is 50.5 Å². The molecule has 2 aromatic heterocycles. The zero-order valence-corrected chi connectivity index (χ0v) is 29.1. The second-order valence-corrected chi connectivity index (χ2v) is 16.5. The molecule has 0 bridgehead atoms. The van der Waals surface area contributed by atoms with Gasteiger partial charge in [-0.25, -0.2) is 4.98 Å². The second kappa shape index (κ2) is 13.1. The van der Waals surface area contributed by atoms with Crippen molar-refractivity contribution in [1.29, 1.82) is 5.26 Å². The lowest BCUT2D eigenvalue weighted by Crippen LogP contribution is -2.74. The standard InChI is InChI=1S/C46H31N5Si/c47-32-34-17-10-11-26-39(34)45-48-44(49-46(50-45)51-42-29-14-12-27-40(42)41-28-13-15-30-43(41)51)33-18-16-25-38(31-33)52(35-19-4-1-5-20-35,36-21-6-2-7-22-36)37-23-8-3-9-24-37/h1-31H. The maximum Gasteiger partial charge on any atom is 0.238 e. The molecule has 5 nitrogen and oxygen atoms in total. The van der Waals surface area contributed by atoms with Gasteiger partial charge in [-0.1, -0.05) is 164 Å². The largest absolute Gasteiger partial charge is 0.278 e. The Balaban J connectivity index is 1.34. The van der Waals surface area contributed by atoms with E-state index in [1.165, 1.54) is 20.7 Å². The highest BCUT2D eigenvalue weighted by molar-refractivity contribution is 7.19. The van der Waals surface area contributed by atoms with Crippen molar-refractivity contribution in [3.63, 3.8) is 0 Å². The predicted octanol–water partition coefficient (Wildman–Crippen LogP) is 7.55. The second-order valence-electron chi connectivity index (χ2n) is 12.7. The summed E-state index contributed by atoms with van der Waals surface area (Å²) in [4.78, 5) is 15.5. The van der Waals surface area contributed by atoms with Crippen molar-refractivity contribution >= 4 is 50.6 Å². The Labute approximate surface area is 302 Å². The molecule has 0 aliphatic carbocycles. The molecule has 0 aliphatic rings. The van der Waals surface area contributed by atoms with Gasteiger partial charge in [0, 0.05) is 21.9 Å². The van der Waals surface area contributed by atoms with Crippen LogP contribution in [-0.4, -0.2) is 27.6 Å². The Bertz CT molecular complexity index is 2600. The third-order valence-corrected chi connectivity index (χ3v) is 14.6. The normalized spacial score (nSPS) is 11.4. The lowest BCUT2D eigenvalue weighted by Gasteiger charge is -2.34. The van der Waals surface area contributed by atoms with Crippen molar-refractivity contribution in [2.24, 2.45) is 0 Å². The van der Waals surface area contributed by atoms with E-state index in [1.807, 2.05) is 30.3 Å².